The van der Waals surface area contributed by atoms with E-state index < -0.39 is 6.10 Å². The number of hydrogen-bond donors (Lipinski definition) is 1. The van der Waals surface area contributed by atoms with Crippen LogP contribution in [0.5, 0.6) is 0 Å². The van der Waals surface area contributed by atoms with Gasteiger partial charge in [0, 0.05) is 6.04 Å². The highest BCUT2D eigenvalue weighted by atomic mass is 16.3. The minimum Gasteiger partial charge on any atom is -0.387 e. The molecule has 1 aliphatic carbocycles. The monoisotopic (exact) mass is 256 g/mol. The van der Waals surface area contributed by atoms with Crippen LogP contribution in [-0.4, -0.2) is 14.7 Å². The van der Waals surface area contributed by atoms with Crippen LogP contribution in [0.3, 0.4) is 0 Å². The van der Waals surface area contributed by atoms with Gasteiger partial charge in [-0.25, -0.2) is 4.98 Å². The van der Waals surface area contributed by atoms with Crippen molar-refractivity contribution in [3.8, 4) is 0 Å². The molecule has 1 N–H and O–H groups in total. The van der Waals surface area contributed by atoms with Crippen LogP contribution in [0.15, 0.2) is 42.9 Å². The summed E-state index contributed by atoms with van der Waals surface area (Å²) >= 11 is 0. The number of rotatable bonds is 4. The molecule has 3 unspecified atom stereocenters. The highest BCUT2D eigenvalue weighted by Crippen LogP contribution is 2.54. The maximum Gasteiger partial charge on any atom is 0.0990 e. The van der Waals surface area contributed by atoms with E-state index in [4.69, 9.17) is 0 Å². The summed E-state index contributed by atoms with van der Waals surface area (Å²) in [7, 11) is 0. The van der Waals surface area contributed by atoms with E-state index in [0.29, 0.717) is 17.9 Å². The number of nitrogens with zero attached hydrogens (tertiary/aromatic N) is 2. The zero-order chi connectivity index (χ0) is 13.4. The molecule has 0 saturated heterocycles. The van der Waals surface area contributed by atoms with Gasteiger partial charge in [0.15, 0.2) is 0 Å². The van der Waals surface area contributed by atoms with E-state index in [1.54, 1.807) is 6.20 Å². The molecule has 1 aromatic carbocycles. The number of aromatic nitrogens is 2. The van der Waals surface area contributed by atoms with Gasteiger partial charge in [-0.2, -0.15) is 0 Å². The lowest BCUT2D eigenvalue weighted by Gasteiger charge is -2.16. The molecule has 1 aromatic heterocycles. The lowest BCUT2D eigenvalue weighted by Crippen LogP contribution is -2.11. The van der Waals surface area contributed by atoms with Crippen molar-refractivity contribution in [3.63, 3.8) is 0 Å². The Hall–Kier alpha value is -1.61. The molecule has 1 fully saturated rings. The summed E-state index contributed by atoms with van der Waals surface area (Å²) in [5.41, 5.74) is 2.28. The van der Waals surface area contributed by atoms with Crippen LogP contribution in [0, 0.1) is 5.92 Å². The molecule has 0 aliphatic heterocycles. The van der Waals surface area contributed by atoms with Gasteiger partial charge in [0.25, 0.3) is 0 Å². The average molecular weight is 256 g/mol. The van der Waals surface area contributed by atoms with Crippen molar-refractivity contribution in [2.45, 2.75) is 38.3 Å². The second kappa shape index (κ2) is 4.82. The lowest BCUT2D eigenvalue weighted by atomic mass is 10.1. The van der Waals surface area contributed by atoms with E-state index in [-0.39, 0.29) is 0 Å². The van der Waals surface area contributed by atoms with E-state index in [1.807, 2.05) is 12.4 Å². The predicted molar refractivity (Wildman–Crippen MR) is 74.9 cm³/mol. The molecule has 3 heteroatoms. The molecular formula is C16H20N2O. The van der Waals surface area contributed by atoms with E-state index in [0.717, 1.165) is 12.1 Å². The molecule has 1 heterocycles. The third-order valence-electron chi connectivity index (χ3n) is 4.03. The zero-order valence-corrected chi connectivity index (χ0v) is 11.4. The van der Waals surface area contributed by atoms with Gasteiger partial charge >= 0.3 is 0 Å². The number of aliphatic hydroxyl groups is 1. The molecule has 3 atom stereocenters. The van der Waals surface area contributed by atoms with E-state index in [2.05, 4.69) is 47.7 Å². The second-order valence-corrected chi connectivity index (χ2v) is 5.68. The molecular weight excluding hydrogens is 236 g/mol. The molecule has 3 nitrogen and oxygen atoms in total. The summed E-state index contributed by atoms with van der Waals surface area (Å²) in [5, 5.41) is 10.5. The summed E-state index contributed by atoms with van der Waals surface area (Å²) in [5.74, 6) is 0.823. The largest absolute Gasteiger partial charge is 0.387 e. The van der Waals surface area contributed by atoms with Gasteiger partial charge in [-0.05, 0) is 37.7 Å². The van der Waals surface area contributed by atoms with Crippen molar-refractivity contribution >= 4 is 0 Å². The van der Waals surface area contributed by atoms with Crippen LogP contribution in [0.4, 0.5) is 0 Å². The third kappa shape index (κ3) is 2.30. The molecule has 0 bridgehead atoms. The normalized spacial score (nSPS) is 23.6. The molecule has 0 spiro atoms. The van der Waals surface area contributed by atoms with E-state index in [1.165, 1.54) is 5.56 Å². The number of benzene rings is 1. The molecule has 100 valence electrons. The van der Waals surface area contributed by atoms with E-state index >= 15 is 0 Å². The van der Waals surface area contributed by atoms with Crippen LogP contribution >= 0.6 is 0 Å². The van der Waals surface area contributed by atoms with Crippen molar-refractivity contribution in [1.82, 2.24) is 9.55 Å². The Morgan fingerprint density at radius 2 is 2.00 bits per heavy atom. The zero-order valence-electron chi connectivity index (χ0n) is 11.4. The van der Waals surface area contributed by atoms with Crippen LogP contribution in [0.1, 0.15) is 49.6 Å². The highest BCUT2D eigenvalue weighted by molar-refractivity contribution is 5.27. The summed E-state index contributed by atoms with van der Waals surface area (Å²) < 4.78 is 2.06. The molecule has 2 aromatic rings. The Kier molecular flexibility index (Phi) is 3.15. The predicted octanol–water partition coefficient (Wildman–Crippen LogP) is 3.30. The van der Waals surface area contributed by atoms with Crippen molar-refractivity contribution in [3.05, 3.63) is 54.1 Å². The Morgan fingerprint density at radius 1 is 1.26 bits per heavy atom. The van der Waals surface area contributed by atoms with Gasteiger partial charge in [-0.3, -0.25) is 0 Å². The van der Waals surface area contributed by atoms with Crippen LogP contribution in [0.2, 0.25) is 0 Å². The van der Waals surface area contributed by atoms with E-state index in [9.17, 15) is 5.11 Å². The molecule has 1 aliphatic rings. The van der Waals surface area contributed by atoms with Gasteiger partial charge in [0.1, 0.15) is 0 Å². The molecule has 19 heavy (non-hydrogen) atoms. The first-order chi connectivity index (χ1) is 9.18. The summed E-state index contributed by atoms with van der Waals surface area (Å²) in [6.07, 6.45) is 4.26. The lowest BCUT2D eigenvalue weighted by molar-refractivity contribution is 0.140. The number of aliphatic hydroxyl groups excluding tert-OH is 1. The smallest absolute Gasteiger partial charge is 0.0990 e. The van der Waals surface area contributed by atoms with Crippen LogP contribution in [-0.2, 0) is 0 Å². The Balaban J connectivity index is 1.76. The summed E-state index contributed by atoms with van der Waals surface area (Å²) in [6.45, 7) is 4.22. The SMILES string of the molecule is CC(C)n1cncc1C(O)C1CC1c1ccccc1. The van der Waals surface area contributed by atoms with Crippen molar-refractivity contribution in [1.29, 1.82) is 0 Å². The molecule has 0 radical (unpaired) electrons. The second-order valence-electron chi connectivity index (χ2n) is 5.68. The average Bonchev–Trinajstić information content (AvgIpc) is 3.06. The maximum atomic E-state index is 10.5. The van der Waals surface area contributed by atoms with Crippen LogP contribution < -0.4 is 0 Å². The number of hydrogen-bond acceptors (Lipinski definition) is 2. The van der Waals surface area contributed by atoms with Gasteiger partial charge in [0.05, 0.1) is 24.3 Å². The van der Waals surface area contributed by atoms with Crippen molar-refractivity contribution < 1.29 is 5.11 Å². The topological polar surface area (TPSA) is 38.0 Å². The number of imidazole rings is 1. The van der Waals surface area contributed by atoms with Gasteiger partial charge in [-0.15, -0.1) is 0 Å². The van der Waals surface area contributed by atoms with Gasteiger partial charge < -0.3 is 9.67 Å². The fraction of sp³-hybridized carbons (Fsp3) is 0.438. The highest BCUT2D eigenvalue weighted by Gasteiger charge is 2.44. The Labute approximate surface area is 113 Å². The van der Waals surface area contributed by atoms with Crippen molar-refractivity contribution in [2.24, 2.45) is 5.92 Å². The fourth-order valence-corrected chi connectivity index (χ4v) is 2.84. The molecule has 3 rings (SSSR count). The third-order valence-corrected chi connectivity index (χ3v) is 4.03. The maximum absolute atomic E-state index is 10.5. The molecule has 0 amide bonds. The quantitative estimate of drug-likeness (QED) is 0.911. The first-order valence-corrected chi connectivity index (χ1v) is 6.93. The first kappa shape index (κ1) is 12.4. The first-order valence-electron chi connectivity index (χ1n) is 6.93. The van der Waals surface area contributed by atoms with Gasteiger partial charge in [0.2, 0.25) is 0 Å². The standard InChI is InChI=1S/C16H20N2O/c1-11(2)18-10-17-9-15(18)16(19)14-8-13(14)12-6-4-3-5-7-12/h3-7,9-11,13-14,16,19H,8H2,1-2H3. The van der Waals surface area contributed by atoms with Crippen molar-refractivity contribution in [2.75, 3.05) is 0 Å². The summed E-state index contributed by atoms with van der Waals surface area (Å²) in [6, 6.07) is 10.8. The van der Waals surface area contributed by atoms with Gasteiger partial charge in [-0.1, -0.05) is 30.3 Å². The minimum absolute atomic E-state index is 0.330. The van der Waals surface area contributed by atoms with Crippen LogP contribution in [0.25, 0.3) is 0 Å². The summed E-state index contributed by atoms with van der Waals surface area (Å²) in [4.78, 5) is 4.18. The minimum atomic E-state index is -0.407. The Bertz CT molecular complexity index is 547. The molecule has 1 saturated carbocycles. The Morgan fingerprint density at radius 3 is 2.68 bits per heavy atom. The fourth-order valence-electron chi connectivity index (χ4n) is 2.84.